The number of likely N-dealkylation sites (tertiary alicyclic amines) is 1. The number of nitrogens with zero attached hydrogens (tertiary/aromatic N) is 3. The van der Waals surface area contributed by atoms with E-state index in [-0.39, 0.29) is 11.7 Å². The Balaban J connectivity index is 1.59. The zero-order valence-corrected chi connectivity index (χ0v) is 12.3. The number of aromatic nitrogens is 2. The van der Waals surface area contributed by atoms with Gasteiger partial charge in [-0.3, -0.25) is 9.78 Å². The maximum Gasteiger partial charge on any atom is 0.256 e. The molecule has 0 N–H and O–H groups in total. The van der Waals surface area contributed by atoms with Gasteiger partial charge in [0.05, 0.1) is 11.8 Å². The fourth-order valence-corrected chi connectivity index (χ4v) is 2.53. The predicted octanol–water partition coefficient (Wildman–Crippen LogP) is 2.44. The standard InChI is InChI=1S/C16H15F2N3O2/c17-11-1-2-13(14(18)9-11)16(22)21-7-3-12(4-8-21)23-15-10-19-5-6-20-15/h1-2,5-6,9-10,12H,3-4,7-8H2. The van der Waals surface area contributed by atoms with E-state index in [0.29, 0.717) is 31.8 Å². The Labute approximate surface area is 131 Å². The summed E-state index contributed by atoms with van der Waals surface area (Å²) in [7, 11) is 0. The molecule has 0 spiro atoms. The number of piperidine rings is 1. The van der Waals surface area contributed by atoms with Gasteiger partial charge in [-0.25, -0.2) is 13.8 Å². The van der Waals surface area contributed by atoms with Gasteiger partial charge in [0, 0.05) is 44.4 Å². The molecule has 0 aliphatic carbocycles. The molecule has 23 heavy (non-hydrogen) atoms. The van der Waals surface area contributed by atoms with Gasteiger partial charge in [-0.15, -0.1) is 0 Å². The van der Waals surface area contributed by atoms with Gasteiger partial charge in [0.15, 0.2) is 0 Å². The molecule has 1 aliphatic rings. The normalized spacial score (nSPS) is 15.5. The number of ether oxygens (including phenoxy) is 1. The Bertz CT molecular complexity index is 689. The maximum atomic E-state index is 13.7. The van der Waals surface area contributed by atoms with E-state index < -0.39 is 17.5 Å². The molecule has 3 rings (SSSR count). The van der Waals surface area contributed by atoms with Gasteiger partial charge in [-0.1, -0.05) is 0 Å². The van der Waals surface area contributed by atoms with Crippen LogP contribution >= 0.6 is 0 Å². The molecular weight excluding hydrogens is 304 g/mol. The summed E-state index contributed by atoms with van der Waals surface area (Å²) in [6.45, 7) is 0.890. The molecule has 1 aromatic heterocycles. The van der Waals surface area contributed by atoms with Crippen LogP contribution in [0.4, 0.5) is 8.78 Å². The van der Waals surface area contributed by atoms with Gasteiger partial charge in [0.25, 0.3) is 5.91 Å². The minimum absolute atomic E-state index is 0.0613. The van der Waals surface area contributed by atoms with Crippen LogP contribution in [0.3, 0.4) is 0 Å². The molecule has 2 aromatic rings. The first-order valence-corrected chi connectivity index (χ1v) is 7.30. The van der Waals surface area contributed by atoms with Crippen LogP contribution in [-0.4, -0.2) is 40.0 Å². The first-order valence-electron chi connectivity index (χ1n) is 7.30. The number of hydrogen-bond donors (Lipinski definition) is 0. The van der Waals surface area contributed by atoms with Gasteiger partial charge < -0.3 is 9.64 Å². The van der Waals surface area contributed by atoms with Crippen molar-refractivity contribution in [1.29, 1.82) is 0 Å². The smallest absolute Gasteiger partial charge is 0.256 e. The Kier molecular flexibility index (Phi) is 4.45. The third kappa shape index (κ3) is 3.61. The molecule has 7 heteroatoms. The molecule has 1 amide bonds. The average Bonchev–Trinajstić information content (AvgIpc) is 2.56. The van der Waals surface area contributed by atoms with Crippen LogP contribution in [0.25, 0.3) is 0 Å². The van der Waals surface area contributed by atoms with Crippen LogP contribution in [0.5, 0.6) is 5.88 Å². The fourth-order valence-electron chi connectivity index (χ4n) is 2.53. The van der Waals surface area contributed by atoms with Crippen molar-refractivity contribution in [2.45, 2.75) is 18.9 Å². The van der Waals surface area contributed by atoms with E-state index in [1.165, 1.54) is 12.3 Å². The largest absolute Gasteiger partial charge is 0.473 e. The molecule has 0 radical (unpaired) electrons. The first kappa shape index (κ1) is 15.3. The number of halogens is 2. The third-order valence-electron chi connectivity index (χ3n) is 3.72. The fraction of sp³-hybridized carbons (Fsp3) is 0.312. The quantitative estimate of drug-likeness (QED) is 0.872. The van der Waals surface area contributed by atoms with Gasteiger partial charge in [0.1, 0.15) is 17.7 Å². The van der Waals surface area contributed by atoms with Gasteiger partial charge in [-0.2, -0.15) is 0 Å². The van der Waals surface area contributed by atoms with Gasteiger partial charge in [-0.05, 0) is 12.1 Å². The van der Waals surface area contributed by atoms with E-state index in [2.05, 4.69) is 9.97 Å². The lowest BCUT2D eigenvalue weighted by atomic mass is 10.1. The average molecular weight is 319 g/mol. The molecule has 0 saturated carbocycles. The van der Waals surface area contributed by atoms with E-state index in [1.54, 1.807) is 17.3 Å². The molecular formula is C16H15F2N3O2. The second-order valence-corrected chi connectivity index (χ2v) is 5.28. The van der Waals surface area contributed by atoms with Crippen molar-refractivity contribution in [3.05, 3.63) is 54.0 Å². The van der Waals surface area contributed by atoms with E-state index in [1.807, 2.05) is 0 Å². The lowest BCUT2D eigenvalue weighted by Gasteiger charge is -2.32. The van der Waals surface area contributed by atoms with E-state index in [0.717, 1.165) is 12.1 Å². The van der Waals surface area contributed by atoms with Crippen LogP contribution in [0.2, 0.25) is 0 Å². The van der Waals surface area contributed by atoms with E-state index >= 15 is 0 Å². The van der Waals surface area contributed by atoms with Crippen LogP contribution in [0.15, 0.2) is 36.8 Å². The van der Waals surface area contributed by atoms with E-state index in [4.69, 9.17) is 4.74 Å². The second-order valence-electron chi connectivity index (χ2n) is 5.28. The maximum absolute atomic E-state index is 13.7. The zero-order chi connectivity index (χ0) is 16.2. The Morgan fingerprint density at radius 1 is 1.22 bits per heavy atom. The molecule has 1 aromatic carbocycles. The molecule has 1 saturated heterocycles. The molecule has 2 heterocycles. The van der Waals surface area contributed by atoms with Crippen LogP contribution < -0.4 is 4.74 Å². The van der Waals surface area contributed by atoms with Crippen molar-refractivity contribution in [2.24, 2.45) is 0 Å². The van der Waals surface area contributed by atoms with Crippen molar-refractivity contribution in [3.8, 4) is 5.88 Å². The van der Waals surface area contributed by atoms with Gasteiger partial charge in [0.2, 0.25) is 5.88 Å². The van der Waals surface area contributed by atoms with Crippen LogP contribution in [-0.2, 0) is 0 Å². The summed E-state index contributed by atoms with van der Waals surface area (Å²) in [6, 6.07) is 2.98. The lowest BCUT2D eigenvalue weighted by Crippen LogP contribution is -2.42. The topological polar surface area (TPSA) is 55.3 Å². The Morgan fingerprint density at radius 3 is 2.65 bits per heavy atom. The lowest BCUT2D eigenvalue weighted by molar-refractivity contribution is 0.0583. The molecule has 5 nitrogen and oxygen atoms in total. The number of benzene rings is 1. The summed E-state index contributed by atoms with van der Waals surface area (Å²) in [5.41, 5.74) is -0.111. The third-order valence-corrected chi connectivity index (χ3v) is 3.72. The van der Waals surface area contributed by atoms with Gasteiger partial charge >= 0.3 is 0 Å². The number of hydrogen-bond acceptors (Lipinski definition) is 4. The molecule has 120 valence electrons. The highest BCUT2D eigenvalue weighted by Crippen LogP contribution is 2.19. The van der Waals surface area contributed by atoms with Crippen molar-refractivity contribution in [1.82, 2.24) is 14.9 Å². The minimum Gasteiger partial charge on any atom is -0.473 e. The summed E-state index contributed by atoms with van der Waals surface area (Å²) >= 11 is 0. The number of rotatable bonds is 3. The number of carbonyl (C=O) groups excluding carboxylic acids is 1. The van der Waals surface area contributed by atoms with Crippen molar-refractivity contribution < 1.29 is 18.3 Å². The highest BCUT2D eigenvalue weighted by Gasteiger charge is 2.26. The molecule has 0 bridgehead atoms. The summed E-state index contributed by atoms with van der Waals surface area (Å²) in [5, 5.41) is 0. The summed E-state index contributed by atoms with van der Waals surface area (Å²) < 4.78 is 32.3. The van der Waals surface area contributed by atoms with Crippen molar-refractivity contribution in [2.75, 3.05) is 13.1 Å². The van der Waals surface area contributed by atoms with Crippen LogP contribution in [0, 0.1) is 11.6 Å². The zero-order valence-electron chi connectivity index (χ0n) is 12.3. The summed E-state index contributed by atoms with van der Waals surface area (Å²) in [4.78, 5) is 21.8. The Hall–Kier alpha value is -2.57. The SMILES string of the molecule is O=C(c1ccc(F)cc1F)N1CCC(Oc2cnccn2)CC1. The minimum atomic E-state index is -0.840. The number of amides is 1. The molecule has 1 aliphatic heterocycles. The summed E-state index contributed by atoms with van der Waals surface area (Å²) in [5.74, 6) is -1.52. The molecule has 0 unspecified atom stereocenters. The highest BCUT2D eigenvalue weighted by atomic mass is 19.1. The second kappa shape index (κ2) is 6.68. The predicted molar refractivity (Wildman–Crippen MR) is 77.9 cm³/mol. The number of carbonyl (C=O) groups is 1. The van der Waals surface area contributed by atoms with Crippen molar-refractivity contribution >= 4 is 5.91 Å². The van der Waals surface area contributed by atoms with Crippen molar-refractivity contribution in [3.63, 3.8) is 0 Å². The monoisotopic (exact) mass is 319 g/mol. The first-order chi connectivity index (χ1) is 11.1. The van der Waals surface area contributed by atoms with E-state index in [9.17, 15) is 13.6 Å². The van der Waals surface area contributed by atoms with Crippen LogP contribution in [0.1, 0.15) is 23.2 Å². The highest BCUT2D eigenvalue weighted by molar-refractivity contribution is 5.94. The summed E-state index contributed by atoms with van der Waals surface area (Å²) in [6.07, 6.45) is 5.81. The molecule has 0 atom stereocenters. The molecule has 1 fully saturated rings. The Morgan fingerprint density at radius 2 is 2.00 bits per heavy atom.